The lowest BCUT2D eigenvalue weighted by Crippen LogP contribution is -2.50. The summed E-state index contributed by atoms with van der Waals surface area (Å²) in [7, 11) is 1.35. The smallest absolute Gasteiger partial charge is 0.328 e. The van der Waals surface area contributed by atoms with Crippen molar-refractivity contribution in [1.29, 1.82) is 0 Å². The first-order valence-electron chi connectivity index (χ1n) is 6.69. The first-order valence-corrected chi connectivity index (χ1v) is 6.69. The molecule has 1 amide bonds. The molecule has 1 rings (SSSR count). The minimum Gasteiger partial charge on any atom is -0.467 e. The highest BCUT2D eigenvalue weighted by Crippen LogP contribution is 2.13. The van der Waals surface area contributed by atoms with Crippen molar-refractivity contribution in [2.75, 3.05) is 20.2 Å². The minimum absolute atomic E-state index is 0.0324. The third kappa shape index (κ3) is 3.98. The van der Waals surface area contributed by atoms with Gasteiger partial charge in [0.05, 0.1) is 13.0 Å². The maximum absolute atomic E-state index is 12.1. The van der Waals surface area contributed by atoms with E-state index in [0.29, 0.717) is 6.54 Å². The Hall–Kier alpha value is -1.10. The third-order valence-electron chi connectivity index (χ3n) is 3.63. The fraction of sp³-hybridized carbons (Fsp3) is 0.846. The second-order valence-corrected chi connectivity index (χ2v) is 4.94. The van der Waals surface area contributed by atoms with Crippen LogP contribution in [-0.4, -0.2) is 38.1 Å². The summed E-state index contributed by atoms with van der Waals surface area (Å²) in [5, 5.41) is 6.03. The molecule has 0 aromatic heterocycles. The molecule has 5 nitrogen and oxygen atoms in total. The Morgan fingerprint density at radius 3 is 2.72 bits per heavy atom. The zero-order valence-corrected chi connectivity index (χ0v) is 11.5. The molecule has 1 heterocycles. The van der Waals surface area contributed by atoms with Crippen LogP contribution in [0.2, 0.25) is 0 Å². The van der Waals surface area contributed by atoms with Crippen LogP contribution >= 0.6 is 0 Å². The number of hydrogen-bond donors (Lipinski definition) is 2. The molecule has 18 heavy (non-hydrogen) atoms. The normalized spacial score (nSPS) is 22.9. The Bertz CT molecular complexity index is 288. The molecule has 0 radical (unpaired) electrons. The molecule has 0 bridgehead atoms. The van der Waals surface area contributed by atoms with Crippen molar-refractivity contribution in [3.63, 3.8) is 0 Å². The number of nitrogens with one attached hydrogen (secondary N) is 2. The van der Waals surface area contributed by atoms with Gasteiger partial charge < -0.3 is 15.4 Å². The van der Waals surface area contributed by atoms with E-state index in [1.54, 1.807) is 0 Å². The summed E-state index contributed by atoms with van der Waals surface area (Å²) < 4.78 is 4.75. The van der Waals surface area contributed by atoms with E-state index in [9.17, 15) is 9.59 Å². The van der Waals surface area contributed by atoms with E-state index in [2.05, 4.69) is 10.6 Å². The van der Waals surface area contributed by atoms with Gasteiger partial charge in [-0.05, 0) is 25.3 Å². The Balaban J connectivity index is 2.58. The van der Waals surface area contributed by atoms with Crippen LogP contribution in [-0.2, 0) is 14.3 Å². The minimum atomic E-state index is -0.533. The summed E-state index contributed by atoms with van der Waals surface area (Å²) in [5.41, 5.74) is 0. The Labute approximate surface area is 109 Å². The molecule has 104 valence electrons. The number of methoxy groups -OCH3 is 1. The van der Waals surface area contributed by atoms with Gasteiger partial charge in [0.2, 0.25) is 5.91 Å². The highest BCUT2D eigenvalue weighted by molar-refractivity contribution is 5.86. The van der Waals surface area contributed by atoms with E-state index in [-0.39, 0.29) is 23.7 Å². The summed E-state index contributed by atoms with van der Waals surface area (Å²) >= 11 is 0. The van der Waals surface area contributed by atoms with E-state index in [1.807, 2.05) is 13.8 Å². The molecule has 1 unspecified atom stereocenters. The molecule has 0 saturated carbocycles. The number of carbonyl (C=O) groups is 2. The average Bonchev–Trinajstić information content (AvgIpc) is 2.43. The van der Waals surface area contributed by atoms with Gasteiger partial charge in [0.1, 0.15) is 6.04 Å². The van der Waals surface area contributed by atoms with E-state index in [0.717, 1.165) is 25.8 Å². The number of carbonyl (C=O) groups excluding carboxylic acids is 2. The van der Waals surface area contributed by atoms with Gasteiger partial charge in [-0.3, -0.25) is 4.79 Å². The molecule has 1 fully saturated rings. The quantitative estimate of drug-likeness (QED) is 0.710. The van der Waals surface area contributed by atoms with Gasteiger partial charge in [0, 0.05) is 6.54 Å². The number of piperidine rings is 1. The SMILES string of the molecule is CC[C@H](C)[C@H](NC(=O)C1CCCNC1)C(=O)OC. The van der Waals surface area contributed by atoms with Gasteiger partial charge in [0.15, 0.2) is 0 Å². The predicted octanol–water partition coefficient (Wildman–Crippen LogP) is 0.690. The number of amides is 1. The second kappa shape index (κ2) is 7.36. The van der Waals surface area contributed by atoms with Crippen LogP contribution in [0.5, 0.6) is 0 Å². The van der Waals surface area contributed by atoms with Crippen molar-refractivity contribution in [2.24, 2.45) is 11.8 Å². The van der Waals surface area contributed by atoms with Crippen LogP contribution in [0.1, 0.15) is 33.1 Å². The highest BCUT2D eigenvalue weighted by Gasteiger charge is 2.30. The van der Waals surface area contributed by atoms with Gasteiger partial charge in [-0.1, -0.05) is 20.3 Å². The first-order chi connectivity index (χ1) is 8.60. The van der Waals surface area contributed by atoms with E-state index in [4.69, 9.17) is 4.74 Å². The summed E-state index contributed by atoms with van der Waals surface area (Å²) in [6.07, 6.45) is 2.71. The van der Waals surface area contributed by atoms with Crippen molar-refractivity contribution in [3.8, 4) is 0 Å². The van der Waals surface area contributed by atoms with E-state index in [1.165, 1.54) is 7.11 Å². The van der Waals surface area contributed by atoms with Crippen LogP contribution in [0.25, 0.3) is 0 Å². The fourth-order valence-electron chi connectivity index (χ4n) is 2.14. The van der Waals surface area contributed by atoms with Crippen LogP contribution in [0.3, 0.4) is 0 Å². The standard InChI is InChI=1S/C13H24N2O3/c1-4-9(2)11(13(17)18-3)15-12(16)10-6-5-7-14-8-10/h9-11,14H,4-8H2,1-3H3,(H,15,16)/t9-,10?,11-/m0/s1. The number of ether oxygens (including phenoxy) is 1. The molecule has 1 aliphatic rings. The predicted molar refractivity (Wildman–Crippen MR) is 69.0 cm³/mol. The van der Waals surface area contributed by atoms with Crippen LogP contribution < -0.4 is 10.6 Å². The molecular formula is C13H24N2O3. The first kappa shape index (κ1) is 15.0. The lowest BCUT2D eigenvalue weighted by atomic mass is 9.95. The van der Waals surface area contributed by atoms with Crippen LogP contribution in [0.15, 0.2) is 0 Å². The molecule has 2 N–H and O–H groups in total. The molecule has 1 aliphatic heterocycles. The molecule has 0 aromatic carbocycles. The summed E-state index contributed by atoms with van der Waals surface area (Å²) in [6, 6.07) is -0.533. The van der Waals surface area contributed by atoms with Crippen molar-refractivity contribution in [2.45, 2.75) is 39.2 Å². The number of esters is 1. The highest BCUT2D eigenvalue weighted by atomic mass is 16.5. The molecule has 5 heteroatoms. The molecule has 0 aromatic rings. The molecule has 0 spiro atoms. The molecule has 1 saturated heterocycles. The van der Waals surface area contributed by atoms with Gasteiger partial charge in [-0.15, -0.1) is 0 Å². The maximum Gasteiger partial charge on any atom is 0.328 e. The van der Waals surface area contributed by atoms with Crippen LogP contribution in [0, 0.1) is 11.8 Å². The summed E-state index contributed by atoms with van der Waals surface area (Å²) in [6.45, 7) is 5.60. The van der Waals surface area contributed by atoms with Gasteiger partial charge in [0.25, 0.3) is 0 Å². The Morgan fingerprint density at radius 2 is 2.22 bits per heavy atom. The van der Waals surface area contributed by atoms with Crippen LogP contribution in [0.4, 0.5) is 0 Å². The van der Waals surface area contributed by atoms with Gasteiger partial charge in [-0.2, -0.15) is 0 Å². The Morgan fingerprint density at radius 1 is 1.50 bits per heavy atom. The fourth-order valence-corrected chi connectivity index (χ4v) is 2.14. The largest absolute Gasteiger partial charge is 0.467 e. The van der Waals surface area contributed by atoms with E-state index >= 15 is 0 Å². The zero-order chi connectivity index (χ0) is 13.5. The van der Waals surface area contributed by atoms with E-state index < -0.39 is 6.04 Å². The van der Waals surface area contributed by atoms with Crippen molar-refractivity contribution >= 4 is 11.9 Å². The molecule has 0 aliphatic carbocycles. The molecular weight excluding hydrogens is 232 g/mol. The average molecular weight is 256 g/mol. The summed E-state index contributed by atoms with van der Waals surface area (Å²) in [4.78, 5) is 23.8. The lowest BCUT2D eigenvalue weighted by Gasteiger charge is -2.26. The lowest BCUT2D eigenvalue weighted by molar-refractivity contribution is -0.147. The Kier molecular flexibility index (Phi) is 6.12. The van der Waals surface area contributed by atoms with Gasteiger partial charge in [-0.25, -0.2) is 4.79 Å². The monoisotopic (exact) mass is 256 g/mol. The zero-order valence-electron chi connectivity index (χ0n) is 11.5. The third-order valence-corrected chi connectivity index (χ3v) is 3.63. The maximum atomic E-state index is 12.1. The van der Waals surface area contributed by atoms with Crippen molar-refractivity contribution in [3.05, 3.63) is 0 Å². The number of rotatable bonds is 5. The van der Waals surface area contributed by atoms with Gasteiger partial charge >= 0.3 is 5.97 Å². The summed E-state index contributed by atoms with van der Waals surface area (Å²) in [5.74, 6) is -0.354. The second-order valence-electron chi connectivity index (χ2n) is 4.94. The number of hydrogen-bond acceptors (Lipinski definition) is 4. The topological polar surface area (TPSA) is 67.4 Å². The molecule has 3 atom stereocenters. The van der Waals surface area contributed by atoms with Crippen molar-refractivity contribution < 1.29 is 14.3 Å². The van der Waals surface area contributed by atoms with Crippen molar-refractivity contribution in [1.82, 2.24) is 10.6 Å².